The number of anilines is 1. The van der Waals surface area contributed by atoms with E-state index in [0.29, 0.717) is 11.5 Å². The van der Waals surface area contributed by atoms with E-state index in [4.69, 9.17) is 0 Å². The molecule has 108 valence electrons. The van der Waals surface area contributed by atoms with Crippen molar-refractivity contribution in [2.75, 3.05) is 31.1 Å². The van der Waals surface area contributed by atoms with E-state index < -0.39 is 0 Å². The quantitative estimate of drug-likeness (QED) is 0.898. The first-order chi connectivity index (χ1) is 9.74. The molecule has 1 aromatic rings. The van der Waals surface area contributed by atoms with Crippen molar-refractivity contribution in [3.05, 3.63) is 29.6 Å². The molecule has 1 aliphatic rings. The molecule has 0 bridgehead atoms. The maximum Gasteiger partial charge on any atom is 0.124 e. The van der Waals surface area contributed by atoms with Crippen molar-refractivity contribution in [3.8, 4) is 6.07 Å². The van der Waals surface area contributed by atoms with E-state index >= 15 is 0 Å². The van der Waals surface area contributed by atoms with Crippen LogP contribution in [0.5, 0.6) is 0 Å². The monoisotopic (exact) mass is 275 g/mol. The van der Waals surface area contributed by atoms with Crippen LogP contribution in [-0.4, -0.2) is 26.2 Å². The van der Waals surface area contributed by atoms with Gasteiger partial charge in [0.2, 0.25) is 0 Å². The van der Waals surface area contributed by atoms with Crippen LogP contribution in [0.15, 0.2) is 18.2 Å². The lowest BCUT2D eigenvalue weighted by Crippen LogP contribution is -2.39. The predicted molar refractivity (Wildman–Crippen MR) is 79.2 cm³/mol. The average molecular weight is 275 g/mol. The van der Waals surface area contributed by atoms with Gasteiger partial charge in [0.15, 0.2) is 0 Å². The van der Waals surface area contributed by atoms with Crippen LogP contribution in [0.1, 0.15) is 31.7 Å². The lowest BCUT2D eigenvalue weighted by molar-refractivity contribution is 0.376. The van der Waals surface area contributed by atoms with Gasteiger partial charge in [0.05, 0.1) is 11.3 Å². The Morgan fingerprint density at radius 1 is 1.50 bits per heavy atom. The van der Waals surface area contributed by atoms with E-state index in [1.807, 2.05) is 0 Å². The van der Waals surface area contributed by atoms with Crippen molar-refractivity contribution in [1.82, 2.24) is 5.32 Å². The van der Waals surface area contributed by atoms with Crippen LogP contribution in [0.3, 0.4) is 0 Å². The number of hydrogen-bond acceptors (Lipinski definition) is 3. The summed E-state index contributed by atoms with van der Waals surface area (Å²) < 4.78 is 13.3. The van der Waals surface area contributed by atoms with Gasteiger partial charge in [0.25, 0.3) is 0 Å². The molecule has 0 amide bonds. The minimum absolute atomic E-state index is 0.346. The molecule has 0 aromatic heterocycles. The van der Waals surface area contributed by atoms with Crippen LogP contribution >= 0.6 is 0 Å². The minimum Gasteiger partial charge on any atom is -0.370 e. The van der Waals surface area contributed by atoms with Crippen LogP contribution in [0.2, 0.25) is 0 Å². The number of nitriles is 1. The highest BCUT2D eigenvalue weighted by atomic mass is 19.1. The zero-order valence-electron chi connectivity index (χ0n) is 12.0. The topological polar surface area (TPSA) is 39.1 Å². The fraction of sp³-hybridized carbons (Fsp3) is 0.562. The summed E-state index contributed by atoms with van der Waals surface area (Å²) in [6.45, 7) is 6.09. The molecule has 1 saturated heterocycles. The molecule has 1 unspecified atom stereocenters. The predicted octanol–water partition coefficient (Wildman–Crippen LogP) is 2.91. The molecule has 0 aliphatic carbocycles. The van der Waals surface area contributed by atoms with Crippen LogP contribution in [0.25, 0.3) is 0 Å². The van der Waals surface area contributed by atoms with E-state index in [2.05, 4.69) is 23.2 Å². The van der Waals surface area contributed by atoms with Crippen LogP contribution in [-0.2, 0) is 0 Å². The molecule has 1 fully saturated rings. The molecule has 2 rings (SSSR count). The molecule has 1 aliphatic heterocycles. The molecule has 1 atom stereocenters. The number of halogens is 1. The fourth-order valence-electron chi connectivity index (χ4n) is 2.85. The Balaban J connectivity index is 2.17. The summed E-state index contributed by atoms with van der Waals surface area (Å²) in [5.41, 5.74) is 1.29. The number of nitrogens with zero attached hydrogens (tertiary/aromatic N) is 2. The summed E-state index contributed by atoms with van der Waals surface area (Å²) in [6, 6.07) is 6.62. The summed E-state index contributed by atoms with van der Waals surface area (Å²) >= 11 is 0. The molecule has 1 heterocycles. The molecular formula is C16H22FN3. The standard InChI is InChI=1S/C16H22FN3/c1-2-8-20(12-13-4-3-7-19-11-13)16-6-5-15(17)9-14(16)10-18/h5-6,9,13,19H,2-4,7-8,11-12H2,1H3. The Bertz CT molecular complexity index is 475. The minimum atomic E-state index is -0.346. The van der Waals surface area contributed by atoms with Crippen LogP contribution in [0, 0.1) is 23.1 Å². The SMILES string of the molecule is CCCN(CC1CCCNC1)c1ccc(F)cc1C#N. The number of hydrogen-bond donors (Lipinski definition) is 1. The van der Waals surface area contributed by atoms with Crippen molar-refractivity contribution in [3.63, 3.8) is 0 Å². The second kappa shape index (κ2) is 7.25. The number of benzene rings is 1. The zero-order valence-corrected chi connectivity index (χ0v) is 12.0. The Hall–Kier alpha value is -1.60. The van der Waals surface area contributed by atoms with E-state index in [-0.39, 0.29) is 5.82 Å². The molecule has 4 heteroatoms. The molecule has 1 N–H and O–H groups in total. The van der Waals surface area contributed by atoms with Crippen molar-refractivity contribution in [1.29, 1.82) is 5.26 Å². The first-order valence-electron chi connectivity index (χ1n) is 7.40. The third-order valence-electron chi connectivity index (χ3n) is 3.79. The summed E-state index contributed by atoms with van der Waals surface area (Å²) in [5.74, 6) is 0.257. The first-order valence-corrected chi connectivity index (χ1v) is 7.40. The number of piperidine rings is 1. The highest BCUT2D eigenvalue weighted by Gasteiger charge is 2.19. The molecular weight excluding hydrogens is 253 g/mol. The fourth-order valence-corrected chi connectivity index (χ4v) is 2.85. The van der Waals surface area contributed by atoms with Gasteiger partial charge < -0.3 is 10.2 Å². The third kappa shape index (κ3) is 3.71. The Kier molecular flexibility index (Phi) is 5.37. The van der Waals surface area contributed by atoms with Crippen molar-refractivity contribution in [2.45, 2.75) is 26.2 Å². The summed E-state index contributed by atoms with van der Waals surface area (Å²) in [5, 5.41) is 12.6. The van der Waals surface area contributed by atoms with Gasteiger partial charge in [-0.05, 0) is 56.5 Å². The number of nitrogens with one attached hydrogen (secondary N) is 1. The second-order valence-electron chi connectivity index (χ2n) is 5.43. The smallest absolute Gasteiger partial charge is 0.124 e. The highest BCUT2D eigenvalue weighted by Crippen LogP contribution is 2.24. The Labute approximate surface area is 120 Å². The lowest BCUT2D eigenvalue weighted by atomic mass is 9.98. The van der Waals surface area contributed by atoms with Crippen molar-refractivity contribution in [2.24, 2.45) is 5.92 Å². The van der Waals surface area contributed by atoms with Crippen molar-refractivity contribution >= 4 is 5.69 Å². The molecule has 3 nitrogen and oxygen atoms in total. The highest BCUT2D eigenvalue weighted by molar-refractivity contribution is 5.59. The van der Waals surface area contributed by atoms with E-state index in [1.54, 1.807) is 6.07 Å². The van der Waals surface area contributed by atoms with Crippen LogP contribution < -0.4 is 10.2 Å². The Morgan fingerprint density at radius 2 is 2.35 bits per heavy atom. The molecule has 20 heavy (non-hydrogen) atoms. The second-order valence-corrected chi connectivity index (χ2v) is 5.43. The van der Waals surface area contributed by atoms with Gasteiger partial charge in [0.1, 0.15) is 11.9 Å². The van der Waals surface area contributed by atoms with Gasteiger partial charge in [-0.3, -0.25) is 0 Å². The van der Waals surface area contributed by atoms with E-state index in [0.717, 1.165) is 38.3 Å². The maximum atomic E-state index is 13.3. The van der Waals surface area contributed by atoms with Gasteiger partial charge in [-0.25, -0.2) is 4.39 Å². The van der Waals surface area contributed by atoms with E-state index in [9.17, 15) is 9.65 Å². The van der Waals surface area contributed by atoms with Crippen LogP contribution in [0.4, 0.5) is 10.1 Å². The summed E-state index contributed by atoms with van der Waals surface area (Å²) in [4.78, 5) is 2.23. The van der Waals surface area contributed by atoms with Gasteiger partial charge >= 0.3 is 0 Å². The van der Waals surface area contributed by atoms with Gasteiger partial charge in [-0.1, -0.05) is 6.92 Å². The first kappa shape index (κ1) is 14.8. The maximum absolute atomic E-state index is 13.3. The van der Waals surface area contributed by atoms with E-state index in [1.165, 1.54) is 25.0 Å². The molecule has 0 saturated carbocycles. The van der Waals surface area contributed by atoms with Gasteiger partial charge in [0, 0.05) is 13.1 Å². The lowest BCUT2D eigenvalue weighted by Gasteiger charge is -2.32. The summed E-state index contributed by atoms with van der Waals surface area (Å²) in [6.07, 6.45) is 3.44. The average Bonchev–Trinajstić information content (AvgIpc) is 2.48. The molecule has 0 spiro atoms. The van der Waals surface area contributed by atoms with Gasteiger partial charge in [-0.15, -0.1) is 0 Å². The third-order valence-corrected chi connectivity index (χ3v) is 3.79. The number of rotatable bonds is 5. The molecule has 1 aromatic carbocycles. The normalized spacial score (nSPS) is 18.6. The zero-order chi connectivity index (χ0) is 14.4. The Morgan fingerprint density at radius 3 is 3.00 bits per heavy atom. The van der Waals surface area contributed by atoms with Crippen molar-refractivity contribution < 1.29 is 4.39 Å². The molecule has 0 radical (unpaired) electrons. The van der Waals surface area contributed by atoms with Gasteiger partial charge in [-0.2, -0.15) is 5.26 Å². The largest absolute Gasteiger partial charge is 0.370 e. The summed E-state index contributed by atoms with van der Waals surface area (Å²) in [7, 11) is 0.